The number of nitrogens with zero attached hydrogens (tertiary/aromatic N) is 2. The minimum Gasteiger partial charge on any atom is -0.285 e. The van der Waals surface area contributed by atoms with Gasteiger partial charge >= 0.3 is 0 Å². The average molecular weight is 220 g/mol. The molecule has 1 aliphatic heterocycles. The van der Waals surface area contributed by atoms with Crippen LogP contribution in [0, 0.1) is 23.2 Å². The molecule has 16 heavy (non-hydrogen) atoms. The molecule has 1 saturated carbocycles. The molecule has 0 radical (unpaired) electrons. The summed E-state index contributed by atoms with van der Waals surface area (Å²) in [7, 11) is 0. The molecule has 2 aliphatic rings. The highest BCUT2D eigenvalue weighted by atomic mass is 15.2. The van der Waals surface area contributed by atoms with Gasteiger partial charge in [-0.2, -0.15) is 5.26 Å². The smallest absolute Gasteiger partial charge is 0.0980 e. The Morgan fingerprint density at radius 3 is 2.38 bits per heavy atom. The van der Waals surface area contributed by atoms with E-state index < -0.39 is 0 Å². The van der Waals surface area contributed by atoms with Gasteiger partial charge in [0, 0.05) is 6.04 Å². The normalized spacial score (nSPS) is 41.6. The highest BCUT2D eigenvalue weighted by molar-refractivity contribution is 4.98. The molecule has 0 amide bonds. The van der Waals surface area contributed by atoms with Crippen molar-refractivity contribution >= 4 is 0 Å². The van der Waals surface area contributed by atoms with Crippen molar-refractivity contribution in [2.24, 2.45) is 11.8 Å². The van der Waals surface area contributed by atoms with E-state index in [1.54, 1.807) is 0 Å². The Balaban J connectivity index is 2.01. The number of hydrogen-bond donors (Lipinski definition) is 0. The summed E-state index contributed by atoms with van der Waals surface area (Å²) in [4.78, 5) is 2.51. The first-order chi connectivity index (χ1) is 7.70. The summed E-state index contributed by atoms with van der Waals surface area (Å²) in [5.41, 5.74) is 0. The summed E-state index contributed by atoms with van der Waals surface area (Å²) >= 11 is 0. The summed E-state index contributed by atoms with van der Waals surface area (Å²) in [5, 5.41) is 9.23. The lowest BCUT2D eigenvalue weighted by atomic mass is 9.79. The van der Waals surface area contributed by atoms with Crippen molar-refractivity contribution in [2.75, 3.05) is 6.54 Å². The lowest BCUT2D eigenvalue weighted by molar-refractivity contribution is 0.0676. The third kappa shape index (κ3) is 2.58. The second kappa shape index (κ2) is 5.19. The highest BCUT2D eigenvalue weighted by Gasteiger charge is 2.33. The highest BCUT2D eigenvalue weighted by Crippen LogP contribution is 2.34. The molecule has 1 saturated heterocycles. The fraction of sp³-hybridized carbons (Fsp3) is 0.929. The number of likely N-dealkylation sites (tertiary alicyclic amines) is 1. The molecule has 0 N–H and O–H groups in total. The third-order valence-corrected chi connectivity index (χ3v) is 4.32. The monoisotopic (exact) mass is 220 g/mol. The van der Waals surface area contributed by atoms with Crippen molar-refractivity contribution < 1.29 is 0 Å². The molecule has 2 rings (SSSR count). The second-order valence-corrected chi connectivity index (χ2v) is 5.95. The SMILES string of the molecule is CC1CC(C)CC(N2CCCCC2C#N)C1. The molecule has 2 heteroatoms. The molecular formula is C14H24N2. The molecule has 0 aromatic carbocycles. The van der Waals surface area contributed by atoms with E-state index >= 15 is 0 Å². The lowest BCUT2D eigenvalue weighted by Crippen LogP contribution is -2.48. The Kier molecular flexibility index (Phi) is 3.86. The fourth-order valence-corrected chi connectivity index (χ4v) is 3.70. The third-order valence-electron chi connectivity index (χ3n) is 4.32. The van der Waals surface area contributed by atoms with Crippen molar-refractivity contribution in [3.63, 3.8) is 0 Å². The van der Waals surface area contributed by atoms with Gasteiger partial charge in [0.05, 0.1) is 12.1 Å². The van der Waals surface area contributed by atoms with Crippen molar-refractivity contribution in [3.8, 4) is 6.07 Å². The lowest BCUT2D eigenvalue weighted by Gasteiger charge is -2.43. The summed E-state index contributed by atoms with van der Waals surface area (Å²) in [6.45, 7) is 5.89. The van der Waals surface area contributed by atoms with Crippen LogP contribution in [0.15, 0.2) is 0 Å². The fourth-order valence-electron chi connectivity index (χ4n) is 3.70. The Bertz CT molecular complexity index is 258. The maximum absolute atomic E-state index is 9.23. The van der Waals surface area contributed by atoms with Crippen LogP contribution in [-0.2, 0) is 0 Å². The molecule has 0 bridgehead atoms. The van der Waals surface area contributed by atoms with Crippen molar-refractivity contribution in [3.05, 3.63) is 0 Å². The van der Waals surface area contributed by atoms with Crippen molar-refractivity contribution in [1.82, 2.24) is 4.90 Å². The van der Waals surface area contributed by atoms with E-state index in [4.69, 9.17) is 0 Å². The Morgan fingerprint density at radius 1 is 1.06 bits per heavy atom. The van der Waals surface area contributed by atoms with Crippen LogP contribution in [0.5, 0.6) is 0 Å². The molecule has 1 heterocycles. The first kappa shape index (κ1) is 11.9. The molecule has 3 unspecified atom stereocenters. The van der Waals surface area contributed by atoms with Crippen molar-refractivity contribution in [2.45, 2.75) is 64.5 Å². The summed E-state index contributed by atoms with van der Waals surface area (Å²) < 4.78 is 0. The molecule has 90 valence electrons. The second-order valence-electron chi connectivity index (χ2n) is 5.95. The molecule has 0 spiro atoms. The van der Waals surface area contributed by atoms with E-state index in [1.807, 2.05) is 0 Å². The molecule has 3 atom stereocenters. The topological polar surface area (TPSA) is 27.0 Å². The summed E-state index contributed by atoms with van der Waals surface area (Å²) in [6.07, 6.45) is 7.62. The van der Waals surface area contributed by atoms with Gasteiger partial charge in [-0.25, -0.2) is 0 Å². The van der Waals surface area contributed by atoms with Gasteiger partial charge in [0.25, 0.3) is 0 Å². The maximum Gasteiger partial charge on any atom is 0.0980 e. The van der Waals surface area contributed by atoms with Gasteiger partial charge in [-0.3, -0.25) is 4.90 Å². The van der Waals surface area contributed by atoms with Gasteiger partial charge in [0.15, 0.2) is 0 Å². The molecule has 0 aromatic rings. The Hall–Kier alpha value is -0.550. The molecule has 2 nitrogen and oxygen atoms in total. The Labute approximate surface area is 99.6 Å². The first-order valence-electron chi connectivity index (χ1n) is 6.86. The first-order valence-corrected chi connectivity index (χ1v) is 6.86. The zero-order valence-electron chi connectivity index (χ0n) is 10.7. The molecule has 2 fully saturated rings. The van der Waals surface area contributed by atoms with Crippen LogP contribution < -0.4 is 0 Å². The van der Waals surface area contributed by atoms with Crippen LogP contribution in [0.25, 0.3) is 0 Å². The average Bonchev–Trinajstić information content (AvgIpc) is 2.27. The van der Waals surface area contributed by atoms with E-state index in [0.717, 1.165) is 24.8 Å². The number of piperidine rings is 1. The van der Waals surface area contributed by atoms with Gasteiger partial charge in [0.2, 0.25) is 0 Å². The summed E-state index contributed by atoms with van der Waals surface area (Å²) in [6, 6.07) is 3.40. The van der Waals surface area contributed by atoms with Crippen LogP contribution in [0.2, 0.25) is 0 Å². The predicted octanol–water partition coefficient (Wildman–Crippen LogP) is 3.19. The zero-order valence-corrected chi connectivity index (χ0v) is 10.7. The van der Waals surface area contributed by atoms with Crippen LogP contribution in [0.4, 0.5) is 0 Å². The van der Waals surface area contributed by atoms with E-state index in [2.05, 4.69) is 24.8 Å². The van der Waals surface area contributed by atoms with E-state index in [1.165, 1.54) is 32.1 Å². The molecule has 1 aliphatic carbocycles. The largest absolute Gasteiger partial charge is 0.285 e. The van der Waals surface area contributed by atoms with Gasteiger partial charge in [-0.05, 0) is 56.9 Å². The predicted molar refractivity (Wildman–Crippen MR) is 65.9 cm³/mol. The minimum absolute atomic E-state index is 0.205. The van der Waals surface area contributed by atoms with Gasteiger partial charge < -0.3 is 0 Å². The minimum atomic E-state index is 0.205. The van der Waals surface area contributed by atoms with Gasteiger partial charge in [0.1, 0.15) is 0 Å². The maximum atomic E-state index is 9.23. The molecular weight excluding hydrogens is 196 g/mol. The number of hydrogen-bond acceptors (Lipinski definition) is 2. The quantitative estimate of drug-likeness (QED) is 0.678. The summed E-state index contributed by atoms with van der Waals surface area (Å²) in [5.74, 6) is 1.69. The standard InChI is InChI=1S/C14H24N2/c1-11-7-12(2)9-14(8-11)16-6-4-3-5-13(16)10-15/h11-14H,3-9H2,1-2H3. The van der Waals surface area contributed by atoms with Gasteiger partial charge in [-0.15, -0.1) is 0 Å². The zero-order chi connectivity index (χ0) is 11.5. The van der Waals surface area contributed by atoms with E-state index in [-0.39, 0.29) is 6.04 Å². The van der Waals surface area contributed by atoms with Crippen LogP contribution >= 0.6 is 0 Å². The van der Waals surface area contributed by atoms with E-state index in [0.29, 0.717) is 6.04 Å². The van der Waals surface area contributed by atoms with Gasteiger partial charge in [-0.1, -0.05) is 13.8 Å². The number of nitriles is 1. The van der Waals surface area contributed by atoms with Crippen LogP contribution in [0.1, 0.15) is 52.4 Å². The van der Waals surface area contributed by atoms with Crippen molar-refractivity contribution in [1.29, 1.82) is 5.26 Å². The number of rotatable bonds is 1. The van der Waals surface area contributed by atoms with E-state index in [9.17, 15) is 5.26 Å². The van der Waals surface area contributed by atoms with Crippen LogP contribution in [0.3, 0.4) is 0 Å². The Morgan fingerprint density at radius 2 is 1.75 bits per heavy atom. The molecule has 0 aromatic heterocycles. The van der Waals surface area contributed by atoms with Crippen LogP contribution in [-0.4, -0.2) is 23.5 Å².